The first-order chi connectivity index (χ1) is 16.2. The van der Waals surface area contributed by atoms with Crippen LogP contribution in [0.25, 0.3) is 17.3 Å². The van der Waals surface area contributed by atoms with Crippen LogP contribution in [0.2, 0.25) is 0 Å². The van der Waals surface area contributed by atoms with Gasteiger partial charge in [0.2, 0.25) is 5.69 Å². The minimum Gasteiger partial charge on any atom is -0.481 e. The molecule has 3 aromatic rings. The number of benzene rings is 1. The molecule has 4 rings (SSSR count). The number of rotatable bonds is 6. The Morgan fingerprint density at radius 3 is 2.62 bits per heavy atom. The number of allylic oxidation sites excluding steroid dienone is 1. The first-order valence-electron chi connectivity index (χ1n) is 11.9. The summed E-state index contributed by atoms with van der Waals surface area (Å²) < 4.78 is 3.58. The largest absolute Gasteiger partial charge is 0.481 e. The average Bonchev–Trinajstić information content (AvgIpc) is 3.25. The van der Waals surface area contributed by atoms with Gasteiger partial charge in [0.05, 0.1) is 17.8 Å². The minimum atomic E-state index is -0.707. The van der Waals surface area contributed by atoms with E-state index in [0.717, 1.165) is 65.0 Å². The summed E-state index contributed by atoms with van der Waals surface area (Å²) in [6.07, 6.45) is 7.59. The number of para-hydroxylation sites is 1. The van der Waals surface area contributed by atoms with Crippen molar-refractivity contribution in [3.63, 3.8) is 0 Å². The van der Waals surface area contributed by atoms with Crippen molar-refractivity contribution in [3.05, 3.63) is 52.8 Å². The minimum absolute atomic E-state index is 0.220. The maximum Gasteiger partial charge on any atom is 0.306 e. The summed E-state index contributed by atoms with van der Waals surface area (Å²) in [4.78, 5) is 16.5. The van der Waals surface area contributed by atoms with Gasteiger partial charge in [0.25, 0.3) is 0 Å². The fourth-order valence-corrected chi connectivity index (χ4v) is 5.15. The summed E-state index contributed by atoms with van der Waals surface area (Å²) in [5.41, 5.74) is 13.4. The third-order valence-electron chi connectivity index (χ3n) is 7.37. The molecule has 0 amide bonds. The van der Waals surface area contributed by atoms with Crippen molar-refractivity contribution >= 4 is 41.5 Å². The van der Waals surface area contributed by atoms with Crippen LogP contribution in [0.4, 0.5) is 11.5 Å². The highest BCUT2D eigenvalue weighted by Gasteiger charge is 2.31. The van der Waals surface area contributed by atoms with E-state index in [1.807, 2.05) is 49.9 Å². The van der Waals surface area contributed by atoms with Crippen LogP contribution in [0.3, 0.4) is 0 Å². The Bertz CT molecular complexity index is 1280. The van der Waals surface area contributed by atoms with E-state index in [1.165, 1.54) is 0 Å². The molecule has 0 aliphatic heterocycles. The van der Waals surface area contributed by atoms with Crippen LogP contribution in [0.5, 0.6) is 0 Å². The molecule has 2 aromatic heterocycles. The standard InChI is InChI=1S/C27H33N5O2/c1-16(14-21-8-6-7-9-23(21)31(4)5)22-15-29-32-25(28)18(3)24(30-26(22)32)20-12-10-19(11-13-20)17(2)27(33)34/h6-9,14-15,17,19-20H,4,10-13H2,1-3,5H3,(H2-,28,29,30,33,34)/p+1. The second-order valence-corrected chi connectivity index (χ2v) is 9.62. The number of hydrogen-bond acceptors (Lipinski definition) is 4. The summed E-state index contributed by atoms with van der Waals surface area (Å²) in [5.74, 6) is 0.0883. The van der Waals surface area contributed by atoms with Gasteiger partial charge in [-0.1, -0.05) is 19.1 Å². The van der Waals surface area contributed by atoms with Gasteiger partial charge in [-0.2, -0.15) is 9.61 Å². The van der Waals surface area contributed by atoms with E-state index in [0.29, 0.717) is 5.82 Å². The van der Waals surface area contributed by atoms with Crippen LogP contribution in [0, 0.1) is 18.8 Å². The van der Waals surface area contributed by atoms with Gasteiger partial charge in [0.1, 0.15) is 19.6 Å². The third kappa shape index (κ3) is 4.34. The average molecular weight is 461 g/mol. The Balaban J connectivity index is 1.70. The highest BCUT2D eigenvalue weighted by molar-refractivity contribution is 5.87. The molecule has 0 bridgehead atoms. The molecule has 1 aliphatic rings. The molecule has 178 valence electrons. The molecule has 1 saturated carbocycles. The van der Waals surface area contributed by atoms with E-state index in [4.69, 9.17) is 10.7 Å². The summed E-state index contributed by atoms with van der Waals surface area (Å²) in [6.45, 7) is 9.91. The maximum atomic E-state index is 11.4. The van der Waals surface area contributed by atoms with E-state index in [-0.39, 0.29) is 17.8 Å². The van der Waals surface area contributed by atoms with Gasteiger partial charge in [0.15, 0.2) is 5.65 Å². The lowest BCUT2D eigenvalue weighted by Gasteiger charge is -2.31. The van der Waals surface area contributed by atoms with Crippen LogP contribution in [0.1, 0.15) is 67.8 Å². The molecule has 2 heterocycles. The molecule has 1 aromatic carbocycles. The number of nitrogens with two attached hydrogens (primary N) is 1. The molecule has 1 aliphatic carbocycles. The smallest absolute Gasteiger partial charge is 0.306 e. The predicted octanol–water partition coefficient (Wildman–Crippen LogP) is 5.15. The molecular formula is C27H34N5O2+. The second-order valence-electron chi connectivity index (χ2n) is 9.62. The van der Waals surface area contributed by atoms with Gasteiger partial charge >= 0.3 is 5.97 Å². The van der Waals surface area contributed by atoms with E-state index in [1.54, 1.807) is 4.52 Å². The highest BCUT2D eigenvalue weighted by Crippen LogP contribution is 2.40. The van der Waals surface area contributed by atoms with Crippen LogP contribution in [-0.4, -0.2) is 44.0 Å². The van der Waals surface area contributed by atoms with E-state index >= 15 is 0 Å². The molecule has 1 atom stereocenters. The Kier molecular flexibility index (Phi) is 6.55. The van der Waals surface area contributed by atoms with Crippen LogP contribution >= 0.6 is 0 Å². The van der Waals surface area contributed by atoms with Gasteiger partial charge in [-0.3, -0.25) is 4.79 Å². The molecule has 34 heavy (non-hydrogen) atoms. The number of carbonyl (C=O) groups is 1. The number of aliphatic carboxylic acids is 1. The number of nitrogens with zero attached hydrogens (tertiary/aromatic N) is 4. The molecule has 3 N–H and O–H groups in total. The van der Waals surface area contributed by atoms with Crippen LogP contribution in [0.15, 0.2) is 30.5 Å². The van der Waals surface area contributed by atoms with Gasteiger partial charge in [-0.05, 0) is 63.2 Å². The number of anilines is 1. The number of fused-ring (bicyclic) bond motifs is 1. The quantitative estimate of drug-likeness (QED) is 0.392. The zero-order valence-electron chi connectivity index (χ0n) is 20.5. The molecule has 0 spiro atoms. The van der Waals surface area contributed by atoms with Gasteiger partial charge < -0.3 is 10.8 Å². The Hall–Kier alpha value is -3.48. The lowest BCUT2D eigenvalue weighted by atomic mass is 9.75. The molecular weight excluding hydrogens is 426 g/mol. The van der Waals surface area contributed by atoms with E-state index in [2.05, 4.69) is 30.9 Å². The van der Waals surface area contributed by atoms with Crippen LogP contribution in [-0.2, 0) is 4.79 Å². The first kappa shape index (κ1) is 23.7. The number of hydrogen-bond donors (Lipinski definition) is 2. The lowest BCUT2D eigenvalue weighted by molar-refractivity contribution is -0.394. The normalized spacial score (nSPS) is 19.8. The van der Waals surface area contributed by atoms with Crippen molar-refractivity contribution in [1.29, 1.82) is 0 Å². The molecule has 0 saturated heterocycles. The summed E-state index contributed by atoms with van der Waals surface area (Å²) in [7, 11) is 1.93. The maximum absolute atomic E-state index is 11.4. The summed E-state index contributed by atoms with van der Waals surface area (Å²) in [6, 6.07) is 8.13. The first-order valence-corrected chi connectivity index (χ1v) is 11.9. The summed E-state index contributed by atoms with van der Waals surface area (Å²) >= 11 is 0. The zero-order chi connectivity index (χ0) is 24.6. The van der Waals surface area contributed by atoms with Gasteiger partial charge in [-0.15, -0.1) is 0 Å². The highest BCUT2D eigenvalue weighted by atomic mass is 16.4. The SMILES string of the molecule is C=[N+](C)c1ccccc1C=C(C)c1cnn2c(N)c(C)c(C3CCC(C(C)C(=O)O)CC3)nc12. The van der Waals surface area contributed by atoms with Crippen molar-refractivity contribution in [1.82, 2.24) is 14.6 Å². The van der Waals surface area contributed by atoms with Gasteiger partial charge in [0, 0.05) is 28.7 Å². The molecule has 1 unspecified atom stereocenters. The van der Waals surface area contributed by atoms with Crippen molar-refractivity contribution < 1.29 is 14.5 Å². The van der Waals surface area contributed by atoms with E-state index in [9.17, 15) is 9.90 Å². The Morgan fingerprint density at radius 1 is 1.29 bits per heavy atom. The summed E-state index contributed by atoms with van der Waals surface area (Å²) in [5, 5.41) is 13.9. The number of aromatic nitrogens is 3. The van der Waals surface area contributed by atoms with E-state index < -0.39 is 5.97 Å². The molecule has 1 fully saturated rings. The number of nitrogen functional groups attached to an aromatic ring is 1. The second kappa shape index (κ2) is 9.41. The Morgan fingerprint density at radius 2 is 1.97 bits per heavy atom. The molecule has 7 nitrogen and oxygen atoms in total. The monoisotopic (exact) mass is 460 g/mol. The van der Waals surface area contributed by atoms with Crippen molar-refractivity contribution in [2.45, 2.75) is 52.4 Å². The van der Waals surface area contributed by atoms with Crippen molar-refractivity contribution in [3.8, 4) is 0 Å². The number of carboxylic acids is 1. The molecule has 0 radical (unpaired) electrons. The predicted molar refractivity (Wildman–Crippen MR) is 137 cm³/mol. The zero-order valence-corrected chi connectivity index (χ0v) is 20.5. The lowest BCUT2D eigenvalue weighted by Crippen LogP contribution is -2.25. The van der Waals surface area contributed by atoms with Crippen molar-refractivity contribution in [2.24, 2.45) is 11.8 Å². The fraction of sp³-hybridized carbons (Fsp3) is 0.407. The Labute approximate surface area is 200 Å². The van der Waals surface area contributed by atoms with Crippen molar-refractivity contribution in [2.75, 3.05) is 12.8 Å². The number of carboxylic acid groups (broad SMARTS) is 1. The van der Waals surface area contributed by atoms with Crippen LogP contribution < -0.4 is 5.73 Å². The van der Waals surface area contributed by atoms with Gasteiger partial charge in [-0.25, -0.2) is 9.56 Å². The fourth-order valence-electron chi connectivity index (χ4n) is 5.15. The third-order valence-corrected chi connectivity index (χ3v) is 7.37. The molecule has 7 heteroatoms. The topological polar surface area (TPSA) is 96.5 Å².